The van der Waals surface area contributed by atoms with Gasteiger partial charge in [-0.25, -0.2) is 0 Å². The summed E-state index contributed by atoms with van der Waals surface area (Å²) in [6.07, 6.45) is 14.1. The van der Waals surface area contributed by atoms with Gasteiger partial charge in [0.05, 0.1) is 0 Å². The summed E-state index contributed by atoms with van der Waals surface area (Å²) >= 11 is 0. The third-order valence-corrected chi connectivity index (χ3v) is 3.01. The maximum absolute atomic E-state index is 4.49. The Morgan fingerprint density at radius 1 is 0.706 bits per heavy atom. The molecule has 0 aromatic carbocycles. The molecule has 0 spiro atoms. The van der Waals surface area contributed by atoms with Crippen LogP contribution in [0.4, 0.5) is 0 Å². The van der Waals surface area contributed by atoms with E-state index in [9.17, 15) is 0 Å². The third kappa shape index (κ3) is 19.6. The molecule has 17 heavy (non-hydrogen) atoms. The number of nitrogens with zero attached hydrogens (tertiary/aromatic N) is 1. The Balaban J connectivity index is 0. The van der Waals surface area contributed by atoms with Crippen molar-refractivity contribution in [1.29, 1.82) is 0 Å². The first-order valence-electron chi connectivity index (χ1n) is 7.44. The SMILES string of the molecule is CCCCCCCCCCCC[N-]C(C)C.[Y]. The molecular formula is C15H32NY-. The molecule has 0 amide bonds. The number of hydrogen-bond donors (Lipinski definition) is 0. The van der Waals surface area contributed by atoms with E-state index in [1.54, 1.807) is 0 Å². The summed E-state index contributed by atoms with van der Waals surface area (Å²) in [5.41, 5.74) is 0. The Kier molecular flexibility index (Phi) is 20.5. The zero-order valence-corrected chi connectivity index (χ0v) is 15.2. The van der Waals surface area contributed by atoms with Gasteiger partial charge in [0.2, 0.25) is 0 Å². The molecule has 0 N–H and O–H groups in total. The Labute approximate surface area is 135 Å². The molecule has 0 saturated heterocycles. The van der Waals surface area contributed by atoms with E-state index in [4.69, 9.17) is 0 Å². The van der Waals surface area contributed by atoms with E-state index in [1.165, 1.54) is 64.2 Å². The van der Waals surface area contributed by atoms with Gasteiger partial charge in [-0.15, -0.1) is 12.6 Å². The van der Waals surface area contributed by atoms with Gasteiger partial charge in [-0.1, -0.05) is 85.0 Å². The summed E-state index contributed by atoms with van der Waals surface area (Å²) in [6, 6.07) is 0.526. The van der Waals surface area contributed by atoms with E-state index in [2.05, 4.69) is 26.1 Å². The van der Waals surface area contributed by atoms with Crippen molar-refractivity contribution in [2.24, 2.45) is 0 Å². The van der Waals surface area contributed by atoms with Crippen LogP contribution >= 0.6 is 0 Å². The van der Waals surface area contributed by atoms with Crippen molar-refractivity contribution < 1.29 is 32.7 Å². The predicted molar refractivity (Wildman–Crippen MR) is 75.2 cm³/mol. The fraction of sp³-hybridized carbons (Fsp3) is 1.00. The zero-order valence-electron chi connectivity index (χ0n) is 12.4. The number of unbranched alkanes of at least 4 members (excludes halogenated alkanes) is 9. The Bertz CT molecular complexity index is 126. The van der Waals surface area contributed by atoms with Crippen LogP contribution in [0, 0.1) is 0 Å². The molecule has 0 rings (SSSR count). The van der Waals surface area contributed by atoms with Crippen molar-refractivity contribution in [2.45, 2.75) is 91.0 Å². The summed E-state index contributed by atoms with van der Waals surface area (Å²) in [5.74, 6) is 0. The van der Waals surface area contributed by atoms with E-state index in [1.807, 2.05) is 0 Å². The molecule has 0 heterocycles. The molecule has 0 atom stereocenters. The van der Waals surface area contributed by atoms with E-state index >= 15 is 0 Å². The minimum Gasteiger partial charge on any atom is -0.660 e. The molecule has 0 aromatic heterocycles. The fourth-order valence-electron chi connectivity index (χ4n) is 1.95. The molecule has 0 aromatic rings. The van der Waals surface area contributed by atoms with Crippen LogP contribution in [-0.4, -0.2) is 12.6 Å². The summed E-state index contributed by atoms with van der Waals surface area (Å²) < 4.78 is 0. The normalized spacial score (nSPS) is 10.6. The van der Waals surface area contributed by atoms with Gasteiger partial charge < -0.3 is 5.32 Å². The van der Waals surface area contributed by atoms with Crippen LogP contribution in [0.3, 0.4) is 0 Å². The summed E-state index contributed by atoms with van der Waals surface area (Å²) in [6.45, 7) is 7.68. The monoisotopic (exact) mass is 315 g/mol. The Hall–Kier alpha value is 1.06. The van der Waals surface area contributed by atoms with E-state index in [-0.39, 0.29) is 32.7 Å². The summed E-state index contributed by atoms with van der Waals surface area (Å²) in [4.78, 5) is 0. The zero-order chi connectivity index (χ0) is 12.1. The fourth-order valence-corrected chi connectivity index (χ4v) is 1.95. The van der Waals surface area contributed by atoms with Gasteiger partial charge in [-0.2, -0.15) is 0 Å². The molecule has 0 bridgehead atoms. The van der Waals surface area contributed by atoms with Crippen molar-refractivity contribution in [1.82, 2.24) is 0 Å². The molecule has 101 valence electrons. The third-order valence-electron chi connectivity index (χ3n) is 3.01. The summed E-state index contributed by atoms with van der Waals surface area (Å²) in [7, 11) is 0. The molecule has 0 aliphatic carbocycles. The number of hydrogen-bond acceptors (Lipinski definition) is 0. The minimum absolute atomic E-state index is 0. The van der Waals surface area contributed by atoms with Crippen LogP contribution < -0.4 is 0 Å². The molecular weight excluding hydrogens is 283 g/mol. The minimum atomic E-state index is 0. The van der Waals surface area contributed by atoms with Gasteiger partial charge in [-0.05, 0) is 0 Å². The second kappa shape index (κ2) is 17.1. The van der Waals surface area contributed by atoms with Crippen LogP contribution in [0.1, 0.15) is 85.0 Å². The smallest absolute Gasteiger partial charge is 0 e. The second-order valence-corrected chi connectivity index (χ2v) is 5.18. The molecule has 2 heteroatoms. The van der Waals surface area contributed by atoms with Crippen molar-refractivity contribution >= 4 is 0 Å². The van der Waals surface area contributed by atoms with Gasteiger partial charge in [-0.3, -0.25) is 0 Å². The molecule has 1 nitrogen and oxygen atoms in total. The molecule has 0 aliphatic heterocycles. The molecule has 0 unspecified atom stereocenters. The van der Waals surface area contributed by atoms with Crippen molar-refractivity contribution in [3.63, 3.8) is 0 Å². The second-order valence-electron chi connectivity index (χ2n) is 5.18. The average Bonchev–Trinajstić information content (AvgIpc) is 2.25. The maximum Gasteiger partial charge on any atom is 0 e. The van der Waals surface area contributed by atoms with Crippen LogP contribution in [0.5, 0.6) is 0 Å². The maximum atomic E-state index is 4.49. The molecule has 0 saturated carbocycles. The quantitative estimate of drug-likeness (QED) is 0.411. The largest absolute Gasteiger partial charge is 0.660 e. The van der Waals surface area contributed by atoms with E-state index in [0.29, 0.717) is 6.04 Å². The van der Waals surface area contributed by atoms with E-state index in [0.717, 1.165) is 6.54 Å². The average molecular weight is 315 g/mol. The van der Waals surface area contributed by atoms with Gasteiger partial charge in [0.1, 0.15) is 0 Å². The Morgan fingerprint density at radius 3 is 1.53 bits per heavy atom. The van der Waals surface area contributed by atoms with Crippen molar-refractivity contribution in [3.8, 4) is 0 Å². The Morgan fingerprint density at radius 2 is 1.12 bits per heavy atom. The van der Waals surface area contributed by atoms with E-state index < -0.39 is 0 Å². The molecule has 0 fully saturated rings. The summed E-state index contributed by atoms with van der Waals surface area (Å²) in [5, 5.41) is 4.49. The topological polar surface area (TPSA) is 14.1 Å². The first kappa shape index (κ1) is 20.4. The first-order valence-corrected chi connectivity index (χ1v) is 7.44. The number of rotatable bonds is 12. The van der Waals surface area contributed by atoms with Crippen molar-refractivity contribution in [3.05, 3.63) is 5.32 Å². The standard InChI is InChI=1S/C15H32N.Y/c1-4-5-6-7-8-9-10-11-12-13-14-16-15(2)3;/h15H,4-14H2,1-3H3;/q-1;. The molecule has 1 radical (unpaired) electrons. The predicted octanol–water partition coefficient (Wildman–Crippen LogP) is 5.69. The first-order chi connectivity index (χ1) is 7.77. The van der Waals surface area contributed by atoms with Gasteiger partial charge in [0, 0.05) is 32.7 Å². The van der Waals surface area contributed by atoms with Crippen LogP contribution in [0.15, 0.2) is 0 Å². The van der Waals surface area contributed by atoms with Crippen LogP contribution in [0.2, 0.25) is 0 Å². The van der Waals surface area contributed by atoms with Crippen LogP contribution in [0.25, 0.3) is 5.32 Å². The van der Waals surface area contributed by atoms with Crippen molar-refractivity contribution in [2.75, 3.05) is 6.54 Å². The van der Waals surface area contributed by atoms with Crippen LogP contribution in [-0.2, 0) is 32.7 Å². The van der Waals surface area contributed by atoms with Gasteiger partial charge in [0.25, 0.3) is 0 Å². The van der Waals surface area contributed by atoms with Gasteiger partial charge in [0.15, 0.2) is 0 Å². The molecule has 0 aliphatic rings. The van der Waals surface area contributed by atoms with Gasteiger partial charge >= 0.3 is 0 Å².